The first-order valence-electron chi connectivity index (χ1n) is 6.20. The van der Waals surface area contributed by atoms with Crippen molar-refractivity contribution in [1.29, 1.82) is 0 Å². The van der Waals surface area contributed by atoms with Crippen LogP contribution in [0.1, 0.15) is 28.3 Å². The fraction of sp³-hybridized carbons (Fsp3) is 0.267. The van der Waals surface area contributed by atoms with E-state index in [0.717, 1.165) is 23.4 Å². The van der Waals surface area contributed by atoms with Gasteiger partial charge in [0.1, 0.15) is 0 Å². The third kappa shape index (κ3) is 3.36. The minimum absolute atomic E-state index is 0.0283. The lowest BCUT2D eigenvalue weighted by atomic mass is 9.96. The average Bonchev–Trinajstić information content (AvgIpc) is 2.40. The molecule has 0 aliphatic heterocycles. The standard InChI is InChI=1S/C15H15F3N2/c1-10-2-4-11(5-3-10)8-14(19)12-9-20-7-6-13(12)15(16,17)18/h2-7,9,14H,8,19H2,1H3. The van der Waals surface area contributed by atoms with Gasteiger partial charge in [0.05, 0.1) is 5.56 Å². The van der Waals surface area contributed by atoms with Gasteiger partial charge in [0, 0.05) is 18.4 Å². The van der Waals surface area contributed by atoms with Crippen LogP contribution in [0.3, 0.4) is 0 Å². The zero-order chi connectivity index (χ0) is 14.8. The molecule has 5 heteroatoms. The molecule has 2 rings (SSSR count). The zero-order valence-corrected chi connectivity index (χ0v) is 11.0. The van der Waals surface area contributed by atoms with Crippen LogP contribution in [0.5, 0.6) is 0 Å². The molecule has 0 spiro atoms. The van der Waals surface area contributed by atoms with Crippen LogP contribution >= 0.6 is 0 Å². The molecule has 0 saturated heterocycles. The number of pyridine rings is 1. The normalized spacial score (nSPS) is 13.2. The summed E-state index contributed by atoms with van der Waals surface area (Å²) < 4.78 is 38.8. The molecule has 2 nitrogen and oxygen atoms in total. The second kappa shape index (κ2) is 5.63. The van der Waals surface area contributed by atoms with E-state index in [1.807, 2.05) is 31.2 Å². The molecule has 0 amide bonds. The summed E-state index contributed by atoms with van der Waals surface area (Å²) in [4.78, 5) is 3.76. The smallest absolute Gasteiger partial charge is 0.324 e. The van der Waals surface area contributed by atoms with E-state index < -0.39 is 17.8 Å². The van der Waals surface area contributed by atoms with Gasteiger partial charge in [-0.05, 0) is 30.5 Å². The predicted molar refractivity (Wildman–Crippen MR) is 71.1 cm³/mol. The highest BCUT2D eigenvalue weighted by Crippen LogP contribution is 2.34. The second-order valence-corrected chi connectivity index (χ2v) is 4.76. The molecule has 0 aliphatic carbocycles. The predicted octanol–water partition coefficient (Wildman–Crippen LogP) is 3.65. The van der Waals surface area contributed by atoms with E-state index in [1.54, 1.807) is 0 Å². The van der Waals surface area contributed by atoms with Crippen molar-refractivity contribution in [3.8, 4) is 0 Å². The largest absolute Gasteiger partial charge is 0.416 e. The SMILES string of the molecule is Cc1ccc(CC(N)c2cnccc2C(F)(F)F)cc1. The molecule has 1 atom stereocenters. The van der Waals surface area contributed by atoms with E-state index in [2.05, 4.69) is 4.98 Å². The highest BCUT2D eigenvalue weighted by atomic mass is 19.4. The van der Waals surface area contributed by atoms with Crippen LogP contribution in [0, 0.1) is 6.92 Å². The van der Waals surface area contributed by atoms with E-state index in [9.17, 15) is 13.2 Å². The lowest BCUT2D eigenvalue weighted by Crippen LogP contribution is -2.19. The molecule has 106 valence electrons. The van der Waals surface area contributed by atoms with Gasteiger partial charge in [-0.25, -0.2) is 0 Å². The zero-order valence-electron chi connectivity index (χ0n) is 11.0. The molecule has 1 heterocycles. The number of nitrogens with two attached hydrogens (primary N) is 1. The molecular weight excluding hydrogens is 265 g/mol. The lowest BCUT2D eigenvalue weighted by Gasteiger charge is -2.17. The molecule has 1 unspecified atom stereocenters. The van der Waals surface area contributed by atoms with E-state index in [-0.39, 0.29) is 5.56 Å². The summed E-state index contributed by atoms with van der Waals surface area (Å²) in [5.74, 6) is 0. The number of halogens is 3. The number of hydrogen-bond acceptors (Lipinski definition) is 2. The van der Waals surface area contributed by atoms with E-state index >= 15 is 0 Å². The summed E-state index contributed by atoms with van der Waals surface area (Å²) >= 11 is 0. The van der Waals surface area contributed by atoms with Gasteiger partial charge in [0.25, 0.3) is 0 Å². The minimum atomic E-state index is -4.41. The Morgan fingerprint density at radius 2 is 1.80 bits per heavy atom. The number of aryl methyl sites for hydroxylation is 1. The Morgan fingerprint density at radius 1 is 1.15 bits per heavy atom. The molecule has 20 heavy (non-hydrogen) atoms. The molecule has 1 aromatic heterocycles. The molecular formula is C15H15F3N2. The number of benzene rings is 1. The Hall–Kier alpha value is -1.88. The molecule has 0 saturated carbocycles. The fourth-order valence-corrected chi connectivity index (χ4v) is 2.05. The molecule has 0 aliphatic rings. The number of hydrogen-bond donors (Lipinski definition) is 1. The Morgan fingerprint density at radius 3 is 2.40 bits per heavy atom. The third-order valence-electron chi connectivity index (χ3n) is 3.13. The van der Waals surface area contributed by atoms with Gasteiger partial charge in [0.2, 0.25) is 0 Å². The van der Waals surface area contributed by atoms with Crippen molar-refractivity contribution < 1.29 is 13.2 Å². The van der Waals surface area contributed by atoms with Gasteiger partial charge >= 0.3 is 6.18 Å². The lowest BCUT2D eigenvalue weighted by molar-refractivity contribution is -0.138. The summed E-state index contributed by atoms with van der Waals surface area (Å²) in [5.41, 5.74) is 7.24. The van der Waals surface area contributed by atoms with E-state index in [1.165, 1.54) is 6.20 Å². The highest BCUT2D eigenvalue weighted by Gasteiger charge is 2.34. The Kier molecular flexibility index (Phi) is 4.09. The van der Waals surface area contributed by atoms with Crippen LogP contribution in [-0.4, -0.2) is 4.98 Å². The van der Waals surface area contributed by atoms with Crippen LogP contribution in [-0.2, 0) is 12.6 Å². The van der Waals surface area contributed by atoms with E-state index in [0.29, 0.717) is 6.42 Å². The van der Waals surface area contributed by atoms with Gasteiger partial charge in [-0.15, -0.1) is 0 Å². The molecule has 2 aromatic rings. The number of rotatable bonds is 3. The maximum absolute atomic E-state index is 12.9. The van der Waals surface area contributed by atoms with Crippen LogP contribution in [0.15, 0.2) is 42.7 Å². The monoisotopic (exact) mass is 280 g/mol. The summed E-state index contributed by atoms with van der Waals surface area (Å²) in [5, 5.41) is 0. The van der Waals surface area contributed by atoms with Crippen molar-refractivity contribution in [2.45, 2.75) is 25.6 Å². The second-order valence-electron chi connectivity index (χ2n) is 4.76. The van der Waals surface area contributed by atoms with Gasteiger partial charge in [-0.1, -0.05) is 29.8 Å². The van der Waals surface area contributed by atoms with Crippen LogP contribution < -0.4 is 5.73 Å². The quantitative estimate of drug-likeness (QED) is 0.932. The Labute approximate surface area is 115 Å². The van der Waals surface area contributed by atoms with Gasteiger partial charge in [-0.3, -0.25) is 4.98 Å². The topological polar surface area (TPSA) is 38.9 Å². The molecule has 1 aromatic carbocycles. The van der Waals surface area contributed by atoms with Crippen molar-refractivity contribution in [1.82, 2.24) is 4.98 Å². The number of alkyl halides is 3. The van der Waals surface area contributed by atoms with Crippen molar-refractivity contribution >= 4 is 0 Å². The number of aromatic nitrogens is 1. The maximum atomic E-state index is 12.9. The van der Waals surface area contributed by atoms with Gasteiger partial charge in [-0.2, -0.15) is 13.2 Å². The van der Waals surface area contributed by atoms with Crippen molar-refractivity contribution in [3.05, 3.63) is 65.0 Å². The molecule has 0 fully saturated rings. The summed E-state index contributed by atoms with van der Waals surface area (Å²) in [6.07, 6.45) is -1.75. The Balaban J connectivity index is 2.25. The minimum Gasteiger partial charge on any atom is -0.324 e. The first-order chi connectivity index (χ1) is 9.38. The highest BCUT2D eigenvalue weighted by molar-refractivity contribution is 5.31. The summed E-state index contributed by atoms with van der Waals surface area (Å²) in [7, 11) is 0. The molecule has 2 N–H and O–H groups in total. The molecule has 0 radical (unpaired) electrons. The van der Waals surface area contributed by atoms with Crippen LogP contribution in [0.25, 0.3) is 0 Å². The van der Waals surface area contributed by atoms with Crippen LogP contribution in [0.4, 0.5) is 13.2 Å². The molecule has 0 bridgehead atoms. The Bertz CT molecular complexity index is 576. The fourth-order valence-electron chi connectivity index (χ4n) is 2.05. The number of nitrogens with zero attached hydrogens (tertiary/aromatic N) is 1. The average molecular weight is 280 g/mol. The van der Waals surface area contributed by atoms with Gasteiger partial charge in [0.15, 0.2) is 0 Å². The summed E-state index contributed by atoms with van der Waals surface area (Å²) in [6.45, 7) is 1.95. The van der Waals surface area contributed by atoms with Crippen LogP contribution in [0.2, 0.25) is 0 Å². The van der Waals surface area contributed by atoms with Gasteiger partial charge < -0.3 is 5.73 Å². The van der Waals surface area contributed by atoms with Crippen molar-refractivity contribution in [2.24, 2.45) is 5.73 Å². The van der Waals surface area contributed by atoms with Crippen molar-refractivity contribution in [3.63, 3.8) is 0 Å². The first-order valence-corrected chi connectivity index (χ1v) is 6.20. The van der Waals surface area contributed by atoms with Crippen molar-refractivity contribution in [2.75, 3.05) is 0 Å². The summed E-state index contributed by atoms with van der Waals surface area (Å²) in [6, 6.07) is 7.80. The first kappa shape index (κ1) is 14.5. The third-order valence-corrected chi connectivity index (χ3v) is 3.13. The van der Waals surface area contributed by atoms with E-state index in [4.69, 9.17) is 5.73 Å². The maximum Gasteiger partial charge on any atom is 0.416 e.